The lowest BCUT2D eigenvalue weighted by molar-refractivity contribution is 0.745. The topological polar surface area (TPSA) is 56.7 Å². The Morgan fingerprint density at radius 3 is 2.57 bits per heavy atom. The first-order chi connectivity index (χ1) is 10.3. The maximum Gasteiger partial charge on any atom is 0.129 e. The molecule has 3 rings (SSSR count). The summed E-state index contributed by atoms with van der Waals surface area (Å²) in [5.74, 6) is 0.686. The molecule has 0 saturated heterocycles. The van der Waals surface area contributed by atoms with E-state index in [1.807, 2.05) is 31.4 Å². The van der Waals surface area contributed by atoms with Crippen LogP contribution in [-0.2, 0) is 19.9 Å². The molecule has 3 aromatic rings. The second-order valence-corrected chi connectivity index (χ2v) is 5.06. The molecule has 0 aliphatic carbocycles. The van der Waals surface area contributed by atoms with Crippen LogP contribution in [0.15, 0.2) is 54.9 Å². The van der Waals surface area contributed by atoms with E-state index in [4.69, 9.17) is 5.73 Å². The number of nitrogens with two attached hydrogens (primary N) is 1. The number of hydrogen-bond acceptors (Lipinski definition) is 3. The van der Waals surface area contributed by atoms with Crippen molar-refractivity contribution < 1.29 is 0 Å². The maximum atomic E-state index is 6.18. The molecule has 2 aromatic heterocycles. The summed E-state index contributed by atoms with van der Waals surface area (Å²) in [7, 11) is 1.88. The fourth-order valence-corrected chi connectivity index (χ4v) is 2.50. The third-order valence-electron chi connectivity index (χ3n) is 3.61. The van der Waals surface area contributed by atoms with E-state index in [-0.39, 0.29) is 0 Å². The van der Waals surface area contributed by atoms with Gasteiger partial charge in [0.05, 0.1) is 5.69 Å². The number of pyridine rings is 1. The smallest absolute Gasteiger partial charge is 0.129 e. The highest BCUT2D eigenvalue weighted by atomic mass is 15.3. The van der Waals surface area contributed by atoms with E-state index in [0.717, 1.165) is 29.7 Å². The van der Waals surface area contributed by atoms with Crippen molar-refractivity contribution in [2.45, 2.75) is 12.8 Å². The molecule has 0 aliphatic rings. The molecule has 4 heteroatoms. The Labute approximate surface area is 124 Å². The standard InChI is InChI=1S/C17H18N4/c1-21-17(18)16(14-8-5-11-19-12-14)15(20-21)10-9-13-6-3-2-4-7-13/h2-8,11-12H,9-10,18H2,1H3. The lowest BCUT2D eigenvalue weighted by Gasteiger charge is -2.04. The molecule has 0 atom stereocenters. The number of anilines is 1. The number of rotatable bonds is 4. The van der Waals surface area contributed by atoms with Crippen LogP contribution in [0.4, 0.5) is 5.82 Å². The predicted octanol–water partition coefficient (Wildman–Crippen LogP) is 2.85. The maximum absolute atomic E-state index is 6.18. The number of hydrogen-bond donors (Lipinski definition) is 1. The molecule has 0 unspecified atom stereocenters. The highest BCUT2D eigenvalue weighted by Gasteiger charge is 2.15. The molecule has 106 valence electrons. The van der Waals surface area contributed by atoms with Crippen LogP contribution < -0.4 is 5.73 Å². The van der Waals surface area contributed by atoms with Crippen LogP contribution >= 0.6 is 0 Å². The van der Waals surface area contributed by atoms with Gasteiger partial charge in [-0.3, -0.25) is 9.67 Å². The molecule has 4 nitrogen and oxygen atoms in total. The molecule has 2 heterocycles. The Hall–Kier alpha value is -2.62. The van der Waals surface area contributed by atoms with Gasteiger partial charge in [0.1, 0.15) is 5.82 Å². The van der Waals surface area contributed by atoms with E-state index in [0.29, 0.717) is 5.82 Å². The van der Waals surface area contributed by atoms with Gasteiger partial charge < -0.3 is 5.73 Å². The Balaban J connectivity index is 1.91. The van der Waals surface area contributed by atoms with Crippen molar-refractivity contribution in [3.63, 3.8) is 0 Å². The molecule has 0 bridgehead atoms. The van der Waals surface area contributed by atoms with Crippen molar-refractivity contribution in [1.29, 1.82) is 0 Å². The number of nitrogens with zero attached hydrogens (tertiary/aromatic N) is 3. The van der Waals surface area contributed by atoms with E-state index < -0.39 is 0 Å². The predicted molar refractivity (Wildman–Crippen MR) is 84.7 cm³/mol. The zero-order chi connectivity index (χ0) is 14.7. The molecule has 0 spiro atoms. The third kappa shape index (κ3) is 2.79. The van der Waals surface area contributed by atoms with Crippen LogP contribution in [0.1, 0.15) is 11.3 Å². The lowest BCUT2D eigenvalue weighted by atomic mass is 10.0. The van der Waals surface area contributed by atoms with Crippen LogP contribution in [0.5, 0.6) is 0 Å². The zero-order valence-corrected chi connectivity index (χ0v) is 12.0. The average molecular weight is 278 g/mol. The van der Waals surface area contributed by atoms with Crippen molar-refractivity contribution in [1.82, 2.24) is 14.8 Å². The van der Waals surface area contributed by atoms with Gasteiger partial charge in [-0.25, -0.2) is 0 Å². The van der Waals surface area contributed by atoms with Gasteiger partial charge in [-0.1, -0.05) is 36.4 Å². The molecule has 0 radical (unpaired) electrons. The molecule has 1 aromatic carbocycles. The Morgan fingerprint density at radius 2 is 1.86 bits per heavy atom. The van der Waals surface area contributed by atoms with Gasteiger partial charge in [-0.15, -0.1) is 0 Å². The van der Waals surface area contributed by atoms with Crippen molar-refractivity contribution >= 4 is 5.82 Å². The fraction of sp³-hybridized carbons (Fsp3) is 0.176. The number of nitrogen functional groups attached to an aromatic ring is 1. The second kappa shape index (κ2) is 5.79. The average Bonchev–Trinajstić information content (AvgIpc) is 2.82. The van der Waals surface area contributed by atoms with Gasteiger partial charge >= 0.3 is 0 Å². The molecule has 0 saturated carbocycles. The minimum absolute atomic E-state index is 0.686. The van der Waals surface area contributed by atoms with E-state index in [9.17, 15) is 0 Å². The molecule has 2 N–H and O–H groups in total. The van der Waals surface area contributed by atoms with Crippen LogP contribution in [0.3, 0.4) is 0 Å². The van der Waals surface area contributed by atoms with Crippen LogP contribution in [0, 0.1) is 0 Å². The van der Waals surface area contributed by atoms with Crippen LogP contribution in [0.25, 0.3) is 11.1 Å². The van der Waals surface area contributed by atoms with Gasteiger partial charge in [0.2, 0.25) is 0 Å². The van der Waals surface area contributed by atoms with E-state index in [2.05, 4.69) is 34.3 Å². The quantitative estimate of drug-likeness (QED) is 0.798. The zero-order valence-electron chi connectivity index (χ0n) is 12.0. The van der Waals surface area contributed by atoms with Crippen molar-refractivity contribution in [2.24, 2.45) is 7.05 Å². The van der Waals surface area contributed by atoms with Gasteiger partial charge in [0.15, 0.2) is 0 Å². The summed E-state index contributed by atoms with van der Waals surface area (Å²) in [6.07, 6.45) is 5.41. The first kappa shape index (κ1) is 13.4. The summed E-state index contributed by atoms with van der Waals surface area (Å²) in [5.41, 5.74) is 10.5. The minimum Gasteiger partial charge on any atom is -0.383 e. The van der Waals surface area contributed by atoms with Gasteiger partial charge in [0.25, 0.3) is 0 Å². The van der Waals surface area contributed by atoms with Gasteiger partial charge in [-0.2, -0.15) is 5.10 Å². The molecule has 0 fully saturated rings. The summed E-state index contributed by atoms with van der Waals surface area (Å²) in [6.45, 7) is 0. The van der Waals surface area contributed by atoms with Gasteiger partial charge in [-0.05, 0) is 24.5 Å². The third-order valence-corrected chi connectivity index (χ3v) is 3.61. The van der Waals surface area contributed by atoms with Crippen molar-refractivity contribution in [3.8, 4) is 11.1 Å². The van der Waals surface area contributed by atoms with Crippen molar-refractivity contribution in [3.05, 3.63) is 66.1 Å². The van der Waals surface area contributed by atoms with Gasteiger partial charge in [0, 0.05) is 30.6 Å². The molecular formula is C17H18N4. The SMILES string of the molecule is Cn1nc(CCc2ccccc2)c(-c2cccnc2)c1N. The largest absolute Gasteiger partial charge is 0.383 e. The first-order valence-electron chi connectivity index (χ1n) is 7.01. The summed E-state index contributed by atoms with van der Waals surface area (Å²) < 4.78 is 1.74. The monoisotopic (exact) mass is 278 g/mol. The van der Waals surface area contributed by atoms with E-state index in [1.165, 1.54) is 5.56 Å². The van der Waals surface area contributed by atoms with E-state index in [1.54, 1.807) is 10.9 Å². The summed E-state index contributed by atoms with van der Waals surface area (Å²) >= 11 is 0. The number of aromatic nitrogens is 3. The highest BCUT2D eigenvalue weighted by Crippen LogP contribution is 2.29. The summed E-state index contributed by atoms with van der Waals surface area (Å²) in [5, 5.41) is 4.57. The fourth-order valence-electron chi connectivity index (χ4n) is 2.50. The normalized spacial score (nSPS) is 10.7. The number of benzene rings is 1. The highest BCUT2D eigenvalue weighted by molar-refractivity contribution is 5.76. The Morgan fingerprint density at radius 1 is 1.05 bits per heavy atom. The Kier molecular flexibility index (Phi) is 3.69. The molecule has 0 amide bonds. The number of aryl methyl sites for hydroxylation is 3. The molecule has 0 aliphatic heterocycles. The van der Waals surface area contributed by atoms with E-state index >= 15 is 0 Å². The minimum atomic E-state index is 0.686. The molecular weight excluding hydrogens is 260 g/mol. The first-order valence-corrected chi connectivity index (χ1v) is 7.01. The lowest BCUT2D eigenvalue weighted by Crippen LogP contribution is -1.98. The Bertz CT molecular complexity index is 717. The van der Waals surface area contributed by atoms with Crippen LogP contribution in [0.2, 0.25) is 0 Å². The second-order valence-electron chi connectivity index (χ2n) is 5.06. The molecule has 21 heavy (non-hydrogen) atoms. The van der Waals surface area contributed by atoms with Crippen LogP contribution in [-0.4, -0.2) is 14.8 Å². The van der Waals surface area contributed by atoms with Crippen molar-refractivity contribution in [2.75, 3.05) is 5.73 Å². The summed E-state index contributed by atoms with van der Waals surface area (Å²) in [4.78, 5) is 4.18. The summed E-state index contributed by atoms with van der Waals surface area (Å²) in [6, 6.07) is 14.4.